The van der Waals surface area contributed by atoms with Gasteiger partial charge in [0.1, 0.15) is 11.5 Å². The number of hydrogen-bond acceptors (Lipinski definition) is 6. The van der Waals surface area contributed by atoms with Crippen LogP contribution in [0.4, 0.5) is 0 Å². The number of allylic oxidation sites excluding steroid dienone is 4. The van der Waals surface area contributed by atoms with Crippen LogP contribution in [0.15, 0.2) is 23.8 Å². The second kappa shape index (κ2) is 11.5. The fourth-order valence-electron chi connectivity index (χ4n) is 4.54. The molecule has 0 amide bonds. The number of rotatable bonds is 8. The quantitative estimate of drug-likeness (QED) is 0.200. The van der Waals surface area contributed by atoms with Crippen molar-refractivity contribution in [1.29, 1.82) is 0 Å². The van der Waals surface area contributed by atoms with E-state index in [2.05, 4.69) is 19.9 Å². The molecule has 1 aromatic rings. The summed E-state index contributed by atoms with van der Waals surface area (Å²) < 4.78 is 16.1. The van der Waals surface area contributed by atoms with Gasteiger partial charge in [0.15, 0.2) is 12.0 Å². The average molecular weight is 493 g/mol. The fraction of sp³-hybridized carbons (Fsp3) is 0.556. The lowest BCUT2D eigenvalue weighted by Gasteiger charge is -2.42. The Morgan fingerprint density at radius 1 is 1.26 bits per heavy atom. The monoisotopic (exact) mass is 492 g/mol. The summed E-state index contributed by atoms with van der Waals surface area (Å²) in [5.74, 6) is 0.144. The van der Waals surface area contributed by atoms with E-state index in [1.807, 2.05) is 26.0 Å². The van der Waals surface area contributed by atoms with Gasteiger partial charge in [0.2, 0.25) is 0 Å². The first-order valence-electron chi connectivity index (χ1n) is 11.5. The Kier molecular flexibility index (Phi) is 9.52. The van der Waals surface area contributed by atoms with Gasteiger partial charge in [0.05, 0.1) is 10.6 Å². The number of esters is 1. The smallest absolute Gasteiger partial charge is 0.308 e. The summed E-state index contributed by atoms with van der Waals surface area (Å²) >= 11 is 6.55. The summed E-state index contributed by atoms with van der Waals surface area (Å²) in [6.07, 6.45) is 7.01. The van der Waals surface area contributed by atoms with Crippen LogP contribution in [0.1, 0.15) is 70.4 Å². The summed E-state index contributed by atoms with van der Waals surface area (Å²) in [6, 6.07) is 0. The first kappa shape index (κ1) is 28.1. The summed E-state index contributed by atoms with van der Waals surface area (Å²) in [5.41, 5.74) is 1.98. The Labute approximate surface area is 207 Å². The zero-order valence-electron chi connectivity index (χ0n) is 21.5. The minimum absolute atomic E-state index is 0.0431. The molecule has 34 heavy (non-hydrogen) atoms. The summed E-state index contributed by atoms with van der Waals surface area (Å²) in [4.78, 5) is 24.1. The van der Waals surface area contributed by atoms with Crippen LogP contribution < -0.4 is 4.74 Å². The van der Waals surface area contributed by atoms with Gasteiger partial charge in [-0.25, -0.2) is 0 Å². The molecule has 1 fully saturated rings. The molecular weight excluding hydrogens is 456 g/mol. The number of carbonyl (C=O) groups excluding carboxylic acids is 2. The first-order valence-corrected chi connectivity index (χ1v) is 11.9. The van der Waals surface area contributed by atoms with E-state index in [0.29, 0.717) is 34.8 Å². The van der Waals surface area contributed by atoms with Crippen LogP contribution >= 0.6 is 11.6 Å². The Balaban J connectivity index is 2.47. The predicted octanol–water partition coefficient (Wildman–Crippen LogP) is 6.26. The highest BCUT2D eigenvalue weighted by Gasteiger charge is 2.41. The largest absolute Gasteiger partial charge is 0.507 e. The molecule has 0 aliphatic heterocycles. The normalized spacial score (nSPS) is 23.7. The van der Waals surface area contributed by atoms with E-state index in [1.165, 1.54) is 21.1 Å². The molecular formula is C27H37ClO6. The number of phenolic OH excluding ortho intramolecular Hbond substituents is 1. The van der Waals surface area contributed by atoms with Gasteiger partial charge >= 0.3 is 5.97 Å². The first-order chi connectivity index (χ1) is 15.9. The lowest BCUT2D eigenvalue weighted by molar-refractivity contribution is -0.132. The maximum atomic E-state index is 12.3. The van der Waals surface area contributed by atoms with E-state index >= 15 is 0 Å². The Hall–Kier alpha value is -2.15. The van der Waals surface area contributed by atoms with E-state index < -0.39 is 12.3 Å². The Morgan fingerprint density at radius 2 is 1.88 bits per heavy atom. The minimum atomic E-state index is -0.834. The number of phenols is 1. The number of Topliss-reactive ketones (excluding diaryl/α,β-unsaturated/α-hetero) is 1. The topological polar surface area (TPSA) is 82.1 Å². The molecule has 0 radical (unpaired) electrons. The minimum Gasteiger partial charge on any atom is -0.507 e. The van der Waals surface area contributed by atoms with Crippen LogP contribution in [0, 0.1) is 24.2 Å². The van der Waals surface area contributed by atoms with Gasteiger partial charge in [-0.2, -0.15) is 0 Å². The summed E-state index contributed by atoms with van der Waals surface area (Å²) in [6.45, 7) is 11.3. The third-order valence-electron chi connectivity index (χ3n) is 7.29. The maximum absolute atomic E-state index is 12.3. The molecule has 188 valence electrons. The standard InChI is InChI=1S/C27H37ClO6/c1-15(13-14-27(6)16(2)10-12-21(30)18(27)4)9-11-20-24(31)22(26(32-7)33-8)17(3)23(28)25(20)34-19(5)29/h9,13-14,16,18,26,31H,10-12H2,1-8H3/b14-13+,15-9+. The van der Waals surface area contributed by atoms with Crippen LogP contribution in [0.3, 0.4) is 0 Å². The van der Waals surface area contributed by atoms with Crippen molar-refractivity contribution in [2.45, 2.75) is 67.1 Å². The third kappa shape index (κ3) is 5.73. The molecule has 0 bridgehead atoms. The molecule has 0 heterocycles. The highest BCUT2D eigenvalue weighted by Crippen LogP contribution is 2.46. The molecule has 7 heteroatoms. The van der Waals surface area contributed by atoms with Crippen molar-refractivity contribution in [2.24, 2.45) is 17.3 Å². The van der Waals surface area contributed by atoms with Gasteiger partial charge in [0.25, 0.3) is 0 Å². The van der Waals surface area contributed by atoms with E-state index in [0.717, 1.165) is 12.0 Å². The van der Waals surface area contributed by atoms with Gasteiger partial charge in [-0.05, 0) is 43.6 Å². The second-order valence-electron chi connectivity index (χ2n) is 9.39. The van der Waals surface area contributed by atoms with E-state index in [4.69, 9.17) is 25.8 Å². The van der Waals surface area contributed by atoms with Gasteiger partial charge in [-0.1, -0.05) is 56.2 Å². The van der Waals surface area contributed by atoms with Crippen molar-refractivity contribution in [2.75, 3.05) is 14.2 Å². The molecule has 3 unspecified atom stereocenters. The van der Waals surface area contributed by atoms with Crippen molar-refractivity contribution in [3.8, 4) is 11.5 Å². The average Bonchev–Trinajstić information content (AvgIpc) is 2.79. The lowest BCUT2D eigenvalue weighted by atomic mass is 9.61. The zero-order chi connectivity index (χ0) is 25.8. The fourth-order valence-corrected chi connectivity index (χ4v) is 4.79. The molecule has 1 aliphatic rings. The molecule has 1 saturated carbocycles. The van der Waals surface area contributed by atoms with Crippen molar-refractivity contribution in [3.05, 3.63) is 45.5 Å². The number of benzene rings is 1. The summed E-state index contributed by atoms with van der Waals surface area (Å²) in [7, 11) is 2.93. The van der Waals surface area contributed by atoms with Crippen LogP contribution in [-0.4, -0.2) is 31.1 Å². The highest BCUT2D eigenvalue weighted by atomic mass is 35.5. The number of aromatic hydroxyl groups is 1. The number of ketones is 1. The Bertz CT molecular complexity index is 992. The van der Waals surface area contributed by atoms with Crippen LogP contribution in [-0.2, 0) is 25.5 Å². The third-order valence-corrected chi connectivity index (χ3v) is 7.75. The maximum Gasteiger partial charge on any atom is 0.308 e. The van der Waals surface area contributed by atoms with E-state index in [9.17, 15) is 14.7 Å². The number of carbonyl (C=O) groups is 2. The SMILES string of the molecule is COC(OC)c1c(C)c(Cl)c(OC(C)=O)c(C/C=C(C)/C=C/C2(C)C(C)CCC(=O)C2C)c1O. The van der Waals surface area contributed by atoms with E-state index in [1.54, 1.807) is 6.92 Å². The van der Waals surface area contributed by atoms with Gasteiger partial charge in [-0.15, -0.1) is 0 Å². The lowest BCUT2D eigenvalue weighted by Crippen LogP contribution is -2.40. The number of ether oxygens (including phenoxy) is 3. The molecule has 0 aromatic heterocycles. The van der Waals surface area contributed by atoms with Crippen molar-refractivity contribution < 1.29 is 28.9 Å². The van der Waals surface area contributed by atoms with Gasteiger partial charge < -0.3 is 19.3 Å². The molecule has 1 aromatic carbocycles. The van der Waals surface area contributed by atoms with Crippen LogP contribution in [0.2, 0.25) is 5.02 Å². The zero-order valence-corrected chi connectivity index (χ0v) is 22.2. The van der Waals surface area contributed by atoms with Gasteiger partial charge in [0, 0.05) is 39.0 Å². The number of methoxy groups -OCH3 is 2. The van der Waals surface area contributed by atoms with Crippen molar-refractivity contribution in [3.63, 3.8) is 0 Å². The Morgan fingerprint density at radius 3 is 2.44 bits per heavy atom. The van der Waals surface area contributed by atoms with Crippen LogP contribution in [0.25, 0.3) is 0 Å². The van der Waals surface area contributed by atoms with Gasteiger partial charge in [-0.3, -0.25) is 9.59 Å². The highest BCUT2D eigenvalue weighted by molar-refractivity contribution is 6.33. The molecule has 0 saturated heterocycles. The number of hydrogen-bond donors (Lipinski definition) is 1. The second-order valence-corrected chi connectivity index (χ2v) is 9.76. The van der Waals surface area contributed by atoms with E-state index in [-0.39, 0.29) is 34.3 Å². The number of halogens is 1. The molecule has 0 spiro atoms. The molecule has 6 nitrogen and oxygen atoms in total. The molecule has 1 aliphatic carbocycles. The summed E-state index contributed by atoms with van der Waals surface area (Å²) in [5, 5.41) is 11.3. The van der Waals surface area contributed by atoms with Crippen LogP contribution in [0.5, 0.6) is 11.5 Å². The molecule has 1 N–H and O–H groups in total. The van der Waals surface area contributed by atoms with Crippen molar-refractivity contribution >= 4 is 23.4 Å². The molecule has 2 rings (SSSR count). The molecule has 3 atom stereocenters. The predicted molar refractivity (Wildman–Crippen MR) is 133 cm³/mol. The van der Waals surface area contributed by atoms with Crippen molar-refractivity contribution in [1.82, 2.24) is 0 Å².